The van der Waals surface area contributed by atoms with E-state index >= 15 is 0 Å². The Hall–Kier alpha value is -2.31. The quantitative estimate of drug-likeness (QED) is 0.910. The highest BCUT2D eigenvalue weighted by molar-refractivity contribution is 5.37. The lowest BCUT2D eigenvalue weighted by Gasteiger charge is -2.10. The maximum absolute atomic E-state index is 9.52. The van der Waals surface area contributed by atoms with E-state index in [2.05, 4.69) is 6.07 Å². The molecule has 0 amide bonds. The molecule has 0 fully saturated rings. The molecule has 0 aliphatic carbocycles. The summed E-state index contributed by atoms with van der Waals surface area (Å²) >= 11 is 0. The molecule has 0 aliphatic rings. The van der Waals surface area contributed by atoms with Gasteiger partial charge in [-0.25, -0.2) is 0 Å². The molecule has 96 valence electrons. The third-order valence-electron chi connectivity index (χ3n) is 2.87. The van der Waals surface area contributed by atoms with E-state index in [-0.39, 0.29) is 0 Å². The molecule has 0 heterocycles. The van der Waals surface area contributed by atoms with E-state index < -0.39 is 6.10 Å². The molecule has 0 saturated heterocycles. The van der Waals surface area contributed by atoms with Gasteiger partial charge in [0.2, 0.25) is 0 Å². The summed E-state index contributed by atoms with van der Waals surface area (Å²) in [6, 6.07) is 16.8. The van der Waals surface area contributed by atoms with Crippen LogP contribution in [0.3, 0.4) is 0 Å². The summed E-state index contributed by atoms with van der Waals surface area (Å²) < 4.78 is 5.66. The summed E-state index contributed by atoms with van der Waals surface area (Å²) in [6.45, 7) is 2.05. The van der Waals surface area contributed by atoms with E-state index in [1.165, 1.54) is 0 Å². The van der Waals surface area contributed by atoms with Crippen LogP contribution < -0.4 is 4.74 Å². The second kappa shape index (κ2) is 6.03. The third-order valence-corrected chi connectivity index (χ3v) is 2.87. The summed E-state index contributed by atoms with van der Waals surface area (Å²) in [5.74, 6) is 0.686. The fraction of sp³-hybridized carbons (Fsp3) is 0.188. The first-order valence-electron chi connectivity index (χ1n) is 6.09. The second-order valence-corrected chi connectivity index (χ2v) is 4.31. The lowest BCUT2D eigenvalue weighted by Crippen LogP contribution is -1.99. The van der Waals surface area contributed by atoms with E-state index in [0.717, 1.165) is 11.1 Å². The van der Waals surface area contributed by atoms with Gasteiger partial charge in [-0.3, -0.25) is 0 Å². The van der Waals surface area contributed by atoms with Crippen molar-refractivity contribution in [2.75, 3.05) is 0 Å². The molecule has 0 aliphatic heterocycles. The Balaban J connectivity index is 2.11. The Kier molecular flexibility index (Phi) is 4.17. The molecular formula is C16H15NO2. The molecule has 0 bridgehead atoms. The molecule has 1 atom stereocenters. The van der Waals surface area contributed by atoms with Crippen molar-refractivity contribution in [1.29, 1.82) is 5.26 Å². The van der Waals surface area contributed by atoms with Crippen LogP contribution in [0.2, 0.25) is 0 Å². The van der Waals surface area contributed by atoms with Crippen LogP contribution in [0.25, 0.3) is 0 Å². The fourth-order valence-corrected chi connectivity index (χ4v) is 1.78. The number of benzene rings is 2. The summed E-state index contributed by atoms with van der Waals surface area (Å²) in [7, 11) is 0. The third kappa shape index (κ3) is 3.34. The van der Waals surface area contributed by atoms with E-state index in [1.807, 2.05) is 36.4 Å². The van der Waals surface area contributed by atoms with Crippen LogP contribution in [0.15, 0.2) is 48.5 Å². The highest BCUT2D eigenvalue weighted by atomic mass is 16.5. The molecule has 0 radical (unpaired) electrons. The first-order chi connectivity index (χ1) is 9.20. The SMILES string of the molecule is C[C@H](O)c1cccc(OCc2ccccc2C#N)c1. The highest BCUT2D eigenvalue weighted by Gasteiger charge is 2.04. The van der Waals surface area contributed by atoms with Crippen LogP contribution in [0.5, 0.6) is 5.75 Å². The Morgan fingerprint density at radius 3 is 2.74 bits per heavy atom. The van der Waals surface area contributed by atoms with Gasteiger partial charge in [0.15, 0.2) is 0 Å². The fourth-order valence-electron chi connectivity index (χ4n) is 1.78. The molecule has 3 nitrogen and oxygen atoms in total. The van der Waals surface area contributed by atoms with Crippen molar-refractivity contribution in [2.24, 2.45) is 0 Å². The number of nitriles is 1. The van der Waals surface area contributed by atoms with Crippen molar-refractivity contribution in [3.63, 3.8) is 0 Å². The van der Waals surface area contributed by atoms with Crippen LogP contribution in [0, 0.1) is 11.3 Å². The van der Waals surface area contributed by atoms with Gasteiger partial charge in [-0.2, -0.15) is 5.26 Å². The first kappa shape index (κ1) is 13.1. The van der Waals surface area contributed by atoms with Crippen LogP contribution in [-0.2, 0) is 6.61 Å². The Bertz CT molecular complexity index is 600. The number of ether oxygens (including phenoxy) is 1. The number of rotatable bonds is 4. The van der Waals surface area contributed by atoms with E-state index in [1.54, 1.807) is 19.1 Å². The van der Waals surface area contributed by atoms with Crippen LogP contribution in [0.4, 0.5) is 0 Å². The smallest absolute Gasteiger partial charge is 0.120 e. The molecule has 0 saturated carbocycles. The minimum Gasteiger partial charge on any atom is -0.489 e. The summed E-state index contributed by atoms with van der Waals surface area (Å²) in [6.07, 6.45) is -0.519. The van der Waals surface area contributed by atoms with Gasteiger partial charge >= 0.3 is 0 Å². The van der Waals surface area contributed by atoms with Crippen molar-refractivity contribution in [3.8, 4) is 11.8 Å². The van der Waals surface area contributed by atoms with Crippen molar-refractivity contribution in [1.82, 2.24) is 0 Å². The molecule has 3 heteroatoms. The molecule has 19 heavy (non-hydrogen) atoms. The molecule has 1 N–H and O–H groups in total. The van der Waals surface area contributed by atoms with Gasteiger partial charge < -0.3 is 9.84 Å². The Labute approximate surface area is 112 Å². The molecule has 2 aromatic rings. The van der Waals surface area contributed by atoms with Gasteiger partial charge in [-0.05, 0) is 30.7 Å². The lowest BCUT2D eigenvalue weighted by atomic mass is 10.1. The zero-order chi connectivity index (χ0) is 13.7. The second-order valence-electron chi connectivity index (χ2n) is 4.31. The number of nitrogens with zero attached hydrogens (tertiary/aromatic N) is 1. The predicted molar refractivity (Wildman–Crippen MR) is 72.6 cm³/mol. The highest BCUT2D eigenvalue weighted by Crippen LogP contribution is 2.20. The van der Waals surface area contributed by atoms with Crippen LogP contribution in [-0.4, -0.2) is 5.11 Å². The average Bonchev–Trinajstić information content (AvgIpc) is 2.45. The standard InChI is InChI=1S/C16H15NO2/c1-12(18)13-7-4-8-16(9-13)19-11-15-6-3-2-5-14(15)10-17/h2-9,12,18H,11H2,1H3/t12-/m0/s1. The van der Waals surface area contributed by atoms with Gasteiger partial charge in [-0.1, -0.05) is 30.3 Å². The average molecular weight is 253 g/mol. The Morgan fingerprint density at radius 1 is 1.21 bits per heavy atom. The van der Waals surface area contributed by atoms with Gasteiger partial charge in [0.05, 0.1) is 17.7 Å². The summed E-state index contributed by atoms with van der Waals surface area (Å²) in [4.78, 5) is 0. The molecule has 2 aromatic carbocycles. The maximum atomic E-state index is 9.52. The van der Waals surface area contributed by atoms with Crippen LogP contribution >= 0.6 is 0 Å². The number of hydrogen-bond donors (Lipinski definition) is 1. The zero-order valence-electron chi connectivity index (χ0n) is 10.7. The van der Waals surface area contributed by atoms with Gasteiger partial charge in [0.1, 0.15) is 12.4 Å². The van der Waals surface area contributed by atoms with Crippen molar-refractivity contribution in [3.05, 3.63) is 65.2 Å². The number of aliphatic hydroxyl groups excluding tert-OH is 1. The topological polar surface area (TPSA) is 53.2 Å². The molecule has 0 spiro atoms. The van der Waals surface area contributed by atoms with Crippen LogP contribution in [0.1, 0.15) is 29.7 Å². The van der Waals surface area contributed by atoms with Gasteiger partial charge in [-0.15, -0.1) is 0 Å². The van der Waals surface area contributed by atoms with E-state index in [4.69, 9.17) is 10.00 Å². The largest absolute Gasteiger partial charge is 0.489 e. The molecular weight excluding hydrogens is 238 g/mol. The molecule has 0 unspecified atom stereocenters. The van der Waals surface area contributed by atoms with Crippen molar-refractivity contribution >= 4 is 0 Å². The van der Waals surface area contributed by atoms with Crippen molar-refractivity contribution < 1.29 is 9.84 Å². The monoisotopic (exact) mass is 253 g/mol. The zero-order valence-corrected chi connectivity index (χ0v) is 10.7. The lowest BCUT2D eigenvalue weighted by molar-refractivity contribution is 0.198. The number of aliphatic hydroxyl groups is 1. The van der Waals surface area contributed by atoms with E-state index in [9.17, 15) is 5.11 Å². The van der Waals surface area contributed by atoms with Gasteiger partial charge in [0.25, 0.3) is 0 Å². The maximum Gasteiger partial charge on any atom is 0.120 e. The summed E-state index contributed by atoms with van der Waals surface area (Å²) in [5, 5.41) is 18.5. The first-order valence-corrected chi connectivity index (χ1v) is 6.09. The summed E-state index contributed by atoms with van der Waals surface area (Å²) in [5.41, 5.74) is 2.28. The van der Waals surface area contributed by atoms with Crippen molar-refractivity contribution in [2.45, 2.75) is 19.6 Å². The minimum absolute atomic E-state index is 0.340. The predicted octanol–water partition coefficient (Wildman–Crippen LogP) is 3.19. The van der Waals surface area contributed by atoms with E-state index in [0.29, 0.717) is 17.9 Å². The Morgan fingerprint density at radius 2 is 2.00 bits per heavy atom. The number of hydrogen-bond acceptors (Lipinski definition) is 3. The molecule has 0 aromatic heterocycles. The molecule has 2 rings (SSSR count). The normalized spacial score (nSPS) is 11.6. The minimum atomic E-state index is -0.519. The van der Waals surface area contributed by atoms with Gasteiger partial charge in [0, 0.05) is 5.56 Å².